The molecule has 1 aromatic rings. The van der Waals surface area contributed by atoms with E-state index in [0.717, 1.165) is 16.9 Å². The quantitative estimate of drug-likeness (QED) is 0.600. The maximum Gasteiger partial charge on any atom is 0.266 e. The predicted molar refractivity (Wildman–Crippen MR) is 106 cm³/mol. The fraction of sp³-hybridized carbons (Fsp3) is 0.476. The van der Waals surface area contributed by atoms with Crippen LogP contribution in [0, 0.1) is 18.3 Å². The topological polar surface area (TPSA) is 85.7 Å². The van der Waals surface area contributed by atoms with Crippen molar-refractivity contribution >= 4 is 11.8 Å². The number of amides is 2. The predicted octanol–water partition coefficient (Wildman–Crippen LogP) is 2.14. The third-order valence-electron chi connectivity index (χ3n) is 4.77. The van der Waals surface area contributed by atoms with Crippen molar-refractivity contribution in [3.05, 3.63) is 41.1 Å². The van der Waals surface area contributed by atoms with Crippen LogP contribution in [0.15, 0.2) is 30.0 Å². The van der Waals surface area contributed by atoms with Gasteiger partial charge in [0.15, 0.2) is 0 Å². The van der Waals surface area contributed by atoms with Crippen LogP contribution in [0.4, 0.5) is 0 Å². The Balaban J connectivity index is 2.07. The molecule has 1 saturated heterocycles. The number of hydrogen-bond donors (Lipinski definition) is 1. The summed E-state index contributed by atoms with van der Waals surface area (Å²) in [6.07, 6.45) is 1.47. The van der Waals surface area contributed by atoms with Crippen LogP contribution in [0.2, 0.25) is 0 Å². The fourth-order valence-electron chi connectivity index (χ4n) is 3.13. The van der Waals surface area contributed by atoms with Gasteiger partial charge >= 0.3 is 0 Å². The van der Waals surface area contributed by atoms with Crippen molar-refractivity contribution in [2.75, 3.05) is 32.8 Å². The second-order valence-corrected chi connectivity index (χ2v) is 6.83. The standard InChI is InChI=1S/C21H28N4O3/c1-5-28-20-7-6-15(2)12-19(20)16(3)23-14-18(13-22)21(27)25-10-8-24(9-11-25)17(4)26/h6-7,12,14,16,23H,5,8-11H2,1-4H3/b18-14-. The van der Waals surface area contributed by atoms with E-state index < -0.39 is 0 Å². The van der Waals surface area contributed by atoms with Crippen molar-refractivity contribution in [3.63, 3.8) is 0 Å². The Labute approximate surface area is 166 Å². The molecule has 28 heavy (non-hydrogen) atoms. The maximum absolute atomic E-state index is 12.6. The Morgan fingerprint density at radius 2 is 1.93 bits per heavy atom. The van der Waals surface area contributed by atoms with E-state index in [9.17, 15) is 14.9 Å². The van der Waals surface area contributed by atoms with Crippen molar-refractivity contribution in [2.24, 2.45) is 0 Å². The van der Waals surface area contributed by atoms with E-state index in [-0.39, 0.29) is 23.4 Å². The molecule has 1 atom stereocenters. The van der Waals surface area contributed by atoms with E-state index in [0.29, 0.717) is 32.8 Å². The van der Waals surface area contributed by atoms with Crippen LogP contribution in [0.3, 0.4) is 0 Å². The molecule has 0 spiro atoms. The average molecular weight is 384 g/mol. The first-order chi connectivity index (χ1) is 13.4. The Hall–Kier alpha value is -3.01. The van der Waals surface area contributed by atoms with Gasteiger partial charge in [0, 0.05) is 44.9 Å². The lowest BCUT2D eigenvalue weighted by molar-refractivity contribution is -0.136. The number of benzene rings is 1. The third-order valence-corrected chi connectivity index (χ3v) is 4.77. The fourth-order valence-corrected chi connectivity index (χ4v) is 3.13. The van der Waals surface area contributed by atoms with E-state index in [1.165, 1.54) is 13.1 Å². The van der Waals surface area contributed by atoms with Crippen LogP contribution >= 0.6 is 0 Å². The van der Waals surface area contributed by atoms with Gasteiger partial charge in [-0.3, -0.25) is 9.59 Å². The van der Waals surface area contributed by atoms with Crippen LogP contribution < -0.4 is 10.1 Å². The maximum atomic E-state index is 12.6. The summed E-state index contributed by atoms with van der Waals surface area (Å²) >= 11 is 0. The lowest BCUT2D eigenvalue weighted by Crippen LogP contribution is -2.50. The van der Waals surface area contributed by atoms with Crippen LogP contribution in [0.25, 0.3) is 0 Å². The molecule has 2 amide bonds. The largest absolute Gasteiger partial charge is 0.494 e. The van der Waals surface area contributed by atoms with Gasteiger partial charge in [-0.2, -0.15) is 5.26 Å². The van der Waals surface area contributed by atoms with Gasteiger partial charge in [0.25, 0.3) is 5.91 Å². The van der Waals surface area contributed by atoms with Crippen molar-refractivity contribution < 1.29 is 14.3 Å². The highest BCUT2D eigenvalue weighted by atomic mass is 16.5. The Morgan fingerprint density at radius 3 is 2.50 bits per heavy atom. The number of nitrogens with zero attached hydrogens (tertiary/aromatic N) is 3. The molecule has 0 bridgehead atoms. The highest BCUT2D eigenvalue weighted by Crippen LogP contribution is 2.26. The number of carbonyl (C=O) groups excluding carboxylic acids is 2. The lowest BCUT2D eigenvalue weighted by atomic mass is 10.0. The number of hydrogen-bond acceptors (Lipinski definition) is 5. The van der Waals surface area contributed by atoms with Gasteiger partial charge in [-0.15, -0.1) is 0 Å². The third kappa shape index (κ3) is 5.26. The number of carbonyl (C=O) groups is 2. The molecule has 1 aliphatic rings. The SMILES string of the molecule is CCOc1ccc(C)cc1C(C)N/C=C(/C#N)C(=O)N1CCN(C(C)=O)CC1. The molecule has 1 aliphatic heterocycles. The van der Waals surface area contributed by atoms with E-state index in [1.807, 2.05) is 45.0 Å². The van der Waals surface area contributed by atoms with Gasteiger partial charge in [-0.05, 0) is 26.8 Å². The summed E-state index contributed by atoms with van der Waals surface area (Å²) in [5.74, 6) is 0.466. The first kappa shape index (κ1) is 21.3. The summed E-state index contributed by atoms with van der Waals surface area (Å²) in [6, 6.07) is 7.81. The van der Waals surface area contributed by atoms with Crippen molar-refractivity contribution in [1.29, 1.82) is 5.26 Å². The average Bonchev–Trinajstić information content (AvgIpc) is 2.69. The summed E-state index contributed by atoms with van der Waals surface area (Å²) in [5.41, 5.74) is 2.13. The lowest BCUT2D eigenvalue weighted by Gasteiger charge is -2.34. The number of rotatable bonds is 6. The van der Waals surface area contributed by atoms with Gasteiger partial charge < -0.3 is 19.9 Å². The molecule has 7 heteroatoms. The van der Waals surface area contributed by atoms with Crippen molar-refractivity contribution in [1.82, 2.24) is 15.1 Å². The minimum atomic E-state index is -0.320. The highest BCUT2D eigenvalue weighted by molar-refractivity contribution is 5.97. The van der Waals surface area contributed by atoms with Gasteiger partial charge in [-0.1, -0.05) is 17.7 Å². The Morgan fingerprint density at radius 1 is 1.29 bits per heavy atom. The molecular weight excluding hydrogens is 356 g/mol. The van der Waals surface area contributed by atoms with E-state index in [1.54, 1.807) is 9.80 Å². The summed E-state index contributed by atoms with van der Waals surface area (Å²) in [7, 11) is 0. The van der Waals surface area contributed by atoms with Gasteiger partial charge in [0.05, 0.1) is 12.6 Å². The second-order valence-electron chi connectivity index (χ2n) is 6.83. The van der Waals surface area contributed by atoms with E-state index in [4.69, 9.17) is 4.74 Å². The Bertz CT molecular complexity index is 789. The zero-order valence-corrected chi connectivity index (χ0v) is 17.0. The van der Waals surface area contributed by atoms with Gasteiger partial charge in [0.2, 0.25) is 5.91 Å². The molecule has 1 unspecified atom stereocenters. The molecule has 150 valence electrons. The van der Waals surface area contributed by atoms with Crippen LogP contribution in [0.1, 0.15) is 37.9 Å². The molecule has 0 saturated carbocycles. The smallest absolute Gasteiger partial charge is 0.266 e. The first-order valence-electron chi connectivity index (χ1n) is 9.51. The molecule has 2 rings (SSSR count). The first-order valence-corrected chi connectivity index (χ1v) is 9.51. The summed E-state index contributed by atoms with van der Waals surface area (Å²) in [6.45, 7) is 9.82. The van der Waals surface area contributed by atoms with Gasteiger partial charge in [-0.25, -0.2) is 0 Å². The number of piperazine rings is 1. The van der Waals surface area contributed by atoms with E-state index >= 15 is 0 Å². The minimum Gasteiger partial charge on any atom is -0.494 e. The molecule has 1 N–H and O–H groups in total. The molecule has 0 radical (unpaired) electrons. The van der Waals surface area contributed by atoms with Crippen molar-refractivity contribution in [2.45, 2.75) is 33.7 Å². The minimum absolute atomic E-state index is 0.00176. The molecule has 0 aliphatic carbocycles. The molecule has 1 fully saturated rings. The van der Waals surface area contributed by atoms with Crippen LogP contribution in [-0.2, 0) is 9.59 Å². The molecule has 7 nitrogen and oxygen atoms in total. The Kier molecular flexibility index (Phi) is 7.44. The van der Waals surface area contributed by atoms with E-state index in [2.05, 4.69) is 5.32 Å². The number of ether oxygens (including phenoxy) is 1. The normalized spacial score (nSPS) is 15.6. The summed E-state index contributed by atoms with van der Waals surface area (Å²) in [4.78, 5) is 27.4. The molecule has 0 aromatic heterocycles. The monoisotopic (exact) mass is 384 g/mol. The van der Waals surface area contributed by atoms with Crippen LogP contribution in [0.5, 0.6) is 5.75 Å². The van der Waals surface area contributed by atoms with Gasteiger partial charge in [0.1, 0.15) is 17.4 Å². The second kappa shape index (κ2) is 9.79. The summed E-state index contributed by atoms with van der Waals surface area (Å²) < 4.78 is 5.69. The zero-order chi connectivity index (χ0) is 20.7. The van der Waals surface area contributed by atoms with Crippen molar-refractivity contribution in [3.8, 4) is 11.8 Å². The highest BCUT2D eigenvalue weighted by Gasteiger charge is 2.24. The summed E-state index contributed by atoms with van der Waals surface area (Å²) in [5, 5.41) is 12.6. The molecule has 1 aromatic carbocycles. The number of nitrogens with one attached hydrogen (secondary N) is 1. The number of aryl methyl sites for hydroxylation is 1. The zero-order valence-electron chi connectivity index (χ0n) is 17.0. The van der Waals surface area contributed by atoms with Crippen LogP contribution in [-0.4, -0.2) is 54.4 Å². The number of nitriles is 1. The molecule has 1 heterocycles. The molecular formula is C21H28N4O3.